The van der Waals surface area contributed by atoms with Gasteiger partial charge in [-0.1, -0.05) is 54.6 Å². The molecule has 0 aliphatic rings. The number of para-hydroxylation sites is 1. The fourth-order valence-electron chi connectivity index (χ4n) is 2.78. The van der Waals surface area contributed by atoms with E-state index in [9.17, 15) is 14.4 Å². The van der Waals surface area contributed by atoms with Crippen LogP contribution in [0, 0.1) is 0 Å². The molecular formula is C25H22N4O3. The van der Waals surface area contributed by atoms with E-state index in [0.717, 1.165) is 11.1 Å². The largest absolute Gasteiger partial charge is 0.326 e. The van der Waals surface area contributed by atoms with Crippen LogP contribution in [0.4, 0.5) is 11.4 Å². The Labute approximate surface area is 185 Å². The van der Waals surface area contributed by atoms with E-state index in [1.807, 2.05) is 30.3 Å². The number of hydrazone groups is 1. The summed E-state index contributed by atoms with van der Waals surface area (Å²) < 4.78 is 0. The Hall–Kier alpha value is -4.52. The highest BCUT2D eigenvalue weighted by molar-refractivity contribution is 6.07. The van der Waals surface area contributed by atoms with Gasteiger partial charge in [-0.15, -0.1) is 0 Å². The van der Waals surface area contributed by atoms with Crippen molar-refractivity contribution < 1.29 is 14.4 Å². The Bertz CT molecular complexity index is 1150. The van der Waals surface area contributed by atoms with Crippen molar-refractivity contribution in [2.75, 3.05) is 10.6 Å². The number of anilines is 2. The van der Waals surface area contributed by atoms with Crippen LogP contribution in [0.5, 0.6) is 0 Å². The molecule has 0 atom stereocenters. The Balaban J connectivity index is 1.61. The molecular weight excluding hydrogens is 404 g/mol. The van der Waals surface area contributed by atoms with Crippen molar-refractivity contribution in [3.63, 3.8) is 0 Å². The average molecular weight is 426 g/mol. The number of hydrogen-bond donors (Lipinski definition) is 3. The summed E-state index contributed by atoms with van der Waals surface area (Å²) in [5.74, 6) is -0.962. The molecule has 3 aromatic rings. The highest BCUT2D eigenvalue weighted by Crippen LogP contribution is 2.15. The molecule has 3 rings (SSSR count). The molecule has 7 nitrogen and oxygen atoms in total. The Kier molecular flexibility index (Phi) is 7.64. The average Bonchev–Trinajstić information content (AvgIpc) is 2.79. The van der Waals surface area contributed by atoms with Gasteiger partial charge in [0.1, 0.15) is 0 Å². The van der Waals surface area contributed by atoms with Crippen molar-refractivity contribution in [1.29, 1.82) is 0 Å². The van der Waals surface area contributed by atoms with Gasteiger partial charge < -0.3 is 10.6 Å². The summed E-state index contributed by atoms with van der Waals surface area (Å²) in [6.07, 6.45) is 4.59. The van der Waals surface area contributed by atoms with Gasteiger partial charge in [0.15, 0.2) is 0 Å². The summed E-state index contributed by atoms with van der Waals surface area (Å²) in [6.45, 7) is 1.44. The van der Waals surface area contributed by atoms with Crippen molar-refractivity contribution >= 4 is 41.4 Å². The summed E-state index contributed by atoms with van der Waals surface area (Å²) in [7, 11) is 0. The van der Waals surface area contributed by atoms with Crippen LogP contribution in [0.3, 0.4) is 0 Å². The second-order valence-corrected chi connectivity index (χ2v) is 6.78. The molecule has 160 valence electrons. The first-order valence-corrected chi connectivity index (χ1v) is 9.85. The summed E-state index contributed by atoms with van der Waals surface area (Å²) in [5.41, 5.74) is 5.43. The first-order valence-electron chi connectivity index (χ1n) is 9.85. The SMILES string of the molecule is CC(=O)Nc1ccc(/C=N\NC(=O)c2ccccc2NC(=O)/C=C/c2ccccc2)cc1. The lowest BCUT2D eigenvalue weighted by Gasteiger charge is -2.08. The lowest BCUT2D eigenvalue weighted by molar-refractivity contribution is -0.114. The minimum atomic E-state index is -0.459. The Morgan fingerprint density at radius 1 is 0.781 bits per heavy atom. The number of nitrogens with zero attached hydrogens (tertiary/aromatic N) is 1. The van der Waals surface area contributed by atoms with Crippen LogP contribution in [-0.4, -0.2) is 23.9 Å². The van der Waals surface area contributed by atoms with E-state index < -0.39 is 5.91 Å². The number of rotatable bonds is 7. The number of hydrogen-bond acceptors (Lipinski definition) is 4. The second kappa shape index (κ2) is 11.0. The molecule has 0 bridgehead atoms. The fourth-order valence-corrected chi connectivity index (χ4v) is 2.78. The molecule has 0 unspecified atom stereocenters. The first kappa shape index (κ1) is 22.2. The molecule has 3 amide bonds. The van der Waals surface area contributed by atoms with E-state index in [4.69, 9.17) is 0 Å². The number of amides is 3. The Morgan fingerprint density at radius 2 is 1.47 bits per heavy atom. The summed E-state index contributed by atoms with van der Waals surface area (Å²) in [5, 5.41) is 9.36. The third kappa shape index (κ3) is 6.77. The summed E-state index contributed by atoms with van der Waals surface area (Å²) >= 11 is 0. The lowest BCUT2D eigenvalue weighted by Crippen LogP contribution is -2.20. The third-order valence-electron chi connectivity index (χ3n) is 4.27. The maximum Gasteiger partial charge on any atom is 0.273 e. The van der Waals surface area contributed by atoms with E-state index in [2.05, 4.69) is 21.2 Å². The molecule has 7 heteroatoms. The third-order valence-corrected chi connectivity index (χ3v) is 4.27. The number of nitrogens with one attached hydrogen (secondary N) is 3. The van der Waals surface area contributed by atoms with Crippen molar-refractivity contribution in [2.45, 2.75) is 6.92 Å². The molecule has 0 saturated heterocycles. The van der Waals surface area contributed by atoms with Gasteiger partial charge in [-0.3, -0.25) is 14.4 Å². The van der Waals surface area contributed by atoms with Crippen molar-refractivity contribution in [1.82, 2.24) is 5.43 Å². The molecule has 0 fully saturated rings. The molecule has 0 radical (unpaired) electrons. The van der Waals surface area contributed by atoms with Crippen LogP contribution in [0.15, 0.2) is 90.0 Å². The van der Waals surface area contributed by atoms with Crippen LogP contribution in [-0.2, 0) is 9.59 Å². The topological polar surface area (TPSA) is 99.7 Å². The van der Waals surface area contributed by atoms with Gasteiger partial charge >= 0.3 is 0 Å². The van der Waals surface area contributed by atoms with Gasteiger partial charge in [0, 0.05) is 18.7 Å². The van der Waals surface area contributed by atoms with Gasteiger partial charge in [0.25, 0.3) is 5.91 Å². The second-order valence-electron chi connectivity index (χ2n) is 6.78. The number of benzene rings is 3. The highest BCUT2D eigenvalue weighted by Gasteiger charge is 2.11. The van der Waals surface area contributed by atoms with Crippen molar-refractivity contribution in [3.05, 3.63) is 102 Å². The molecule has 0 saturated carbocycles. The number of carbonyl (C=O) groups excluding carboxylic acids is 3. The standard InChI is InChI=1S/C25H22N4O3/c1-18(30)27-21-14-11-20(12-15-21)17-26-29-25(32)22-9-5-6-10-23(22)28-24(31)16-13-19-7-3-2-4-8-19/h2-17H,1H3,(H,27,30)(H,28,31)(H,29,32)/b16-13+,26-17-. The zero-order chi connectivity index (χ0) is 22.8. The smallest absolute Gasteiger partial charge is 0.273 e. The zero-order valence-corrected chi connectivity index (χ0v) is 17.4. The first-order chi connectivity index (χ1) is 15.5. The van der Waals surface area contributed by atoms with Gasteiger partial charge in [-0.2, -0.15) is 5.10 Å². The van der Waals surface area contributed by atoms with E-state index in [1.165, 1.54) is 19.2 Å². The van der Waals surface area contributed by atoms with Gasteiger partial charge in [0.2, 0.25) is 11.8 Å². The minimum Gasteiger partial charge on any atom is -0.326 e. The van der Waals surface area contributed by atoms with E-state index in [-0.39, 0.29) is 17.4 Å². The predicted octanol–water partition coefficient (Wildman–Crippen LogP) is 4.06. The Morgan fingerprint density at radius 3 is 2.19 bits per heavy atom. The monoisotopic (exact) mass is 426 g/mol. The van der Waals surface area contributed by atoms with Crippen LogP contribution < -0.4 is 16.1 Å². The van der Waals surface area contributed by atoms with Gasteiger partial charge in [-0.25, -0.2) is 5.43 Å². The predicted molar refractivity (Wildman–Crippen MR) is 126 cm³/mol. The lowest BCUT2D eigenvalue weighted by atomic mass is 10.1. The van der Waals surface area contributed by atoms with E-state index >= 15 is 0 Å². The van der Waals surface area contributed by atoms with Gasteiger partial charge in [-0.05, 0) is 41.5 Å². The van der Waals surface area contributed by atoms with Gasteiger partial charge in [0.05, 0.1) is 17.5 Å². The maximum absolute atomic E-state index is 12.6. The number of carbonyl (C=O) groups is 3. The molecule has 0 aromatic heterocycles. The summed E-state index contributed by atoms with van der Waals surface area (Å²) in [6, 6.07) is 23.1. The van der Waals surface area contributed by atoms with Crippen molar-refractivity contribution in [3.8, 4) is 0 Å². The van der Waals surface area contributed by atoms with Crippen LogP contribution in [0.25, 0.3) is 6.08 Å². The molecule has 3 aromatic carbocycles. The molecule has 0 heterocycles. The van der Waals surface area contributed by atoms with E-state index in [1.54, 1.807) is 54.6 Å². The van der Waals surface area contributed by atoms with E-state index in [0.29, 0.717) is 11.4 Å². The molecule has 3 N–H and O–H groups in total. The highest BCUT2D eigenvalue weighted by atomic mass is 16.2. The quantitative estimate of drug-likeness (QED) is 0.302. The molecule has 0 aliphatic heterocycles. The summed E-state index contributed by atoms with van der Waals surface area (Å²) in [4.78, 5) is 35.9. The fraction of sp³-hybridized carbons (Fsp3) is 0.0400. The normalized spacial score (nSPS) is 10.8. The molecule has 0 aliphatic carbocycles. The molecule has 0 spiro atoms. The van der Waals surface area contributed by atoms with Crippen molar-refractivity contribution in [2.24, 2.45) is 5.10 Å². The van der Waals surface area contributed by atoms with Crippen LogP contribution in [0.1, 0.15) is 28.4 Å². The van der Waals surface area contributed by atoms with Crippen LogP contribution >= 0.6 is 0 Å². The molecule has 32 heavy (non-hydrogen) atoms. The zero-order valence-electron chi connectivity index (χ0n) is 17.4. The minimum absolute atomic E-state index is 0.153. The van der Waals surface area contributed by atoms with Crippen LogP contribution in [0.2, 0.25) is 0 Å². The maximum atomic E-state index is 12.6.